The Morgan fingerprint density at radius 1 is 1.12 bits per heavy atom. The molecule has 0 spiro atoms. The molecule has 0 saturated carbocycles. The third-order valence-corrected chi connectivity index (χ3v) is 7.92. The maximum atomic E-state index is 13.2. The average Bonchev–Trinajstić information content (AvgIpc) is 3.19. The molecule has 0 bridgehead atoms. The molecule has 4 rings (SSSR count). The number of amides is 2. The molecule has 180 valence electrons. The maximum Gasteiger partial charge on any atom is 0.407 e. The summed E-state index contributed by atoms with van der Waals surface area (Å²) in [5.41, 5.74) is 4.54. The summed E-state index contributed by atoms with van der Waals surface area (Å²) in [6.07, 6.45) is 0.0482. The zero-order chi connectivity index (χ0) is 24.2. The first kappa shape index (κ1) is 24.1. The molecular weight excluding hydrogens is 452 g/mol. The summed E-state index contributed by atoms with van der Waals surface area (Å²) in [5.74, 6) is -0.806. The van der Waals surface area contributed by atoms with Crippen molar-refractivity contribution in [3.63, 3.8) is 0 Å². The number of carbonyl (C=O) groups is 3. The number of nitrogens with one attached hydrogen (secondary N) is 1. The van der Waals surface area contributed by atoms with Crippen molar-refractivity contribution in [3.05, 3.63) is 59.7 Å². The van der Waals surface area contributed by atoms with E-state index in [1.807, 2.05) is 38.1 Å². The van der Waals surface area contributed by atoms with Gasteiger partial charge < -0.3 is 20.1 Å². The van der Waals surface area contributed by atoms with E-state index in [0.29, 0.717) is 18.7 Å². The van der Waals surface area contributed by atoms with E-state index >= 15 is 0 Å². The molecule has 1 heterocycles. The second-order valence-electron chi connectivity index (χ2n) is 8.82. The van der Waals surface area contributed by atoms with Gasteiger partial charge in [-0.1, -0.05) is 68.8 Å². The van der Waals surface area contributed by atoms with Crippen LogP contribution in [0.2, 0.25) is 0 Å². The summed E-state index contributed by atoms with van der Waals surface area (Å²) >= 11 is 1.34. The van der Waals surface area contributed by atoms with Gasteiger partial charge in [0.2, 0.25) is 5.91 Å². The Bertz CT molecular complexity index is 1030. The fourth-order valence-corrected chi connectivity index (χ4v) is 5.68. The van der Waals surface area contributed by atoms with E-state index in [0.717, 1.165) is 22.3 Å². The number of carboxylic acid groups (broad SMARTS) is 1. The molecule has 1 aliphatic heterocycles. The molecule has 7 nitrogen and oxygen atoms in total. The molecule has 34 heavy (non-hydrogen) atoms. The molecule has 0 radical (unpaired) electrons. The van der Waals surface area contributed by atoms with Gasteiger partial charge in [-0.2, -0.15) is 0 Å². The minimum absolute atomic E-state index is 0.0636. The van der Waals surface area contributed by atoms with Crippen LogP contribution in [0.5, 0.6) is 0 Å². The molecule has 2 aromatic rings. The predicted molar refractivity (Wildman–Crippen MR) is 132 cm³/mol. The summed E-state index contributed by atoms with van der Waals surface area (Å²) in [6, 6.07) is 15.5. The number of hydrogen-bond acceptors (Lipinski definition) is 5. The van der Waals surface area contributed by atoms with Crippen molar-refractivity contribution in [1.82, 2.24) is 10.2 Å². The van der Waals surface area contributed by atoms with Crippen LogP contribution in [0, 0.1) is 5.92 Å². The molecule has 3 unspecified atom stereocenters. The Morgan fingerprint density at radius 3 is 2.32 bits per heavy atom. The van der Waals surface area contributed by atoms with Gasteiger partial charge in [0.05, 0.1) is 0 Å². The SMILES string of the molecule is CCC(C)C(NC(=O)OCC1c2ccccc2-c2ccccc21)C(=O)N1CCSC(C(=O)O)C1. The number of carboxylic acids is 1. The van der Waals surface area contributed by atoms with Gasteiger partial charge in [-0.15, -0.1) is 11.8 Å². The van der Waals surface area contributed by atoms with Gasteiger partial charge in [0, 0.05) is 24.8 Å². The number of aliphatic carboxylic acids is 1. The Balaban J connectivity index is 1.43. The standard InChI is InChI=1S/C26H30N2O5S/c1-3-16(2)23(24(29)28-12-13-34-22(14-28)25(30)31)27-26(32)33-15-21-19-10-6-4-8-17(19)18-9-5-7-11-20(18)21/h4-11,16,21-23H,3,12-15H2,1-2H3,(H,27,32)(H,30,31). The summed E-state index contributed by atoms with van der Waals surface area (Å²) in [7, 11) is 0. The number of fused-ring (bicyclic) bond motifs is 3. The van der Waals surface area contributed by atoms with Crippen LogP contribution >= 0.6 is 11.8 Å². The van der Waals surface area contributed by atoms with Gasteiger partial charge in [-0.3, -0.25) is 9.59 Å². The molecule has 1 fully saturated rings. The zero-order valence-corrected chi connectivity index (χ0v) is 20.2. The minimum Gasteiger partial charge on any atom is -0.480 e. The van der Waals surface area contributed by atoms with Crippen LogP contribution in [0.1, 0.15) is 37.3 Å². The Labute approximate surface area is 203 Å². The van der Waals surface area contributed by atoms with E-state index in [1.165, 1.54) is 11.8 Å². The molecule has 8 heteroatoms. The first-order valence-electron chi connectivity index (χ1n) is 11.6. The Morgan fingerprint density at radius 2 is 1.74 bits per heavy atom. The minimum atomic E-state index is -0.924. The van der Waals surface area contributed by atoms with Crippen LogP contribution in [-0.4, -0.2) is 64.7 Å². The molecule has 3 atom stereocenters. The van der Waals surface area contributed by atoms with Gasteiger partial charge in [0.1, 0.15) is 17.9 Å². The van der Waals surface area contributed by atoms with E-state index in [2.05, 4.69) is 29.6 Å². The Kier molecular flexibility index (Phi) is 7.46. The molecule has 2 N–H and O–H groups in total. The van der Waals surface area contributed by atoms with Crippen molar-refractivity contribution >= 4 is 29.7 Å². The highest BCUT2D eigenvalue weighted by molar-refractivity contribution is 8.00. The molecule has 2 amide bonds. The van der Waals surface area contributed by atoms with E-state index in [-0.39, 0.29) is 30.9 Å². The quantitative estimate of drug-likeness (QED) is 0.620. The van der Waals surface area contributed by atoms with Crippen LogP contribution in [-0.2, 0) is 14.3 Å². The fraction of sp³-hybridized carbons (Fsp3) is 0.423. The molecule has 0 aromatic heterocycles. The van der Waals surface area contributed by atoms with Crippen LogP contribution < -0.4 is 5.32 Å². The number of alkyl carbamates (subject to hydrolysis) is 1. The largest absolute Gasteiger partial charge is 0.480 e. The van der Waals surface area contributed by atoms with Gasteiger partial charge in [-0.05, 0) is 28.2 Å². The van der Waals surface area contributed by atoms with Crippen LogP contribution in [0.15, 0.2) is 48.5 Å². The maximum absolute atomic E-state index is 13.2. The van der Waals surface area contributed by atoms with Gasteiger partial charge in [-0.25, -0.2) is 4.79 Å². The summed E-state index contributed by atoms with van der Waals surface area (Å²) in [4.78, 5) is 39.0. The second-order valence-corrected chi connectivity index (χ2v) is 10.1. The lowest BCUT2D eigenvalue weighted by atomic mass is 9.97. The number of hydrogen-bond donors (Lipinski definition) is 2. The molecule has 1 aliphatic carbocycles. The summed E-state index contributed by atoms with van der Waals surface area (Å²) in [6.45, 7) is 4.63. The van der Waals surface area contributed by atoms with Gasteiger partial charge >= 0.3 is 12.1 Å². The zero-order valence-electron chi connectivity index (χ0n) is 19.4. The number of rotatable bonds is 7. The van der Waals surface area contributed by atoms with Crippen molar-refractivity contribution in [1.29, 1.82) is 0 Å². The smallest absolute Gasteiger partial charge is 0.407 e. The third kappa shape index (κ3) is 4.92. The van der Waals surface area contributed by atoms with E-state index in [4.69, 9.17) is 4.74 Å². The van der Waals surface area contributed by atoms with E-state index in [9.17, 15) is 19.5 Å². The number of nitrogens with zero attached hydrogens (tertiary/aromatic N) is 1. The fourth-order valence-electron chi connectivity index (χ4n) is 4.65. The highest BCUT2D eigenvalue weighted by atomic mass is 32.2. The first-order valence-corrected chi connectivity index (χ1v) is 12.7. The summed E-state index contributed by atoms with van der Waals surface area (Å²) < 4.78 is 5.64. The molecular formula is C26H30N2O5S. The van der Waals surface area contributed by atoms with Gasteiger partial charge in [0.15, 0.2) is 0 Å². The van der Waals surface area contributed by atoms with Crippen molar-refractivity contribution < 1.29 is 24.2 Å². The molecule has 2 aliphatic rings. The van der Waals surface area contributed by atoms with Crippen molar-refractivity contribution in [2.45, 2.75) is 37.5 Å². The first-order chi connectivity index (χ1) is 16.4. The lowest BCUT2D eigenvalue weighted by molar-refractivity contribution is -0.139. The van der Waals surface area contributed by atoms with Crippen molar-refractivity contribution in [3.8, 4) is 11.1 Å². The monoisotopic (exact) mass is 482 g/mol. The normalized spacial score (nSPS) is 19.0. The van der Waals surface area contributed by atoms with Gasteiger partial charge in [0.25, 0.3) is 0 Å². The topological polar surface area (TPSA) is 95.9 Å². The van der Waals surface area contributed by atoms with Crippen LogP contribution in [0.25, 0.3) is 11.1 Å². The lowest BCUT2D eigenvalue weighted by Crippen LogP contribution is -2.55. The van der Waals surface area contributed by atoms with Crippen LogP contribution in [0.4, 0.5) is 4.79 Å². The third-order valence-electron chi connectivity index (χ3n) is 6.75. The highest BCUT2D eigenvalue weighted by Gasteiger charge is 2.36. The molecule has 1 saturated heterocycles. The van der Waals surface area contributed by atoms with E-state index in [1.54, 1.807) is 4.90 Å². The second kappa shape index (κ2) is 10.5. The Hall–Kier alpha value is -3.00. The molecule has 2 aromatic carbocycles. The number of ether oxygens (including phenoxy) is 1. The number of thioether (sulfide) groups is 1. The predicted octanol–water partition coefficient (Wildman–Crippen LogP) is 3.97. The highest BCUT2D eigenvalue weighted by Crippen LogP contribution is 2.44. The van der Waals surface area contributed by atoms with Crippen LogP contribution in [0.3, 0.4) is 0 Å². The lowest BCUT2D eigenvalue weighted by Gasteiger charge is -2.34. The number of carbonyl (C=O) groups excluding carboxylic acids is 2. The van der Waals surface area contributed by atoms with E-state index < -0.39 is 23.4 Å². The van der Waals surface area contributed by atoms with Crippen molar-refractivity contribution in [2.24, 2.45) is 5.92 Å². The number of benzene rings is 2. The summed E-state index contributed by atoms with van der Waals surface area (Å²) in [5, 5.41) is 11.5. The van der Waals surface area contributed by atoms with Crippen molar-refractivity contribution in [2.75, 3.05) is 25.4 Å². The average molecular weight is 483 g/mol.